The van der Waals surface area contributed by atoms with Gasteiger partial charge in [0.2, 0.25) is 5.78 Å². The molecule has 1 aromatic rings. The number of epoxide rings is 1. The number of esters is 1. The van der Waals surface area contributed by atoms with E-state index >= 15 is 14.4 Å². The molecule has 1 aromatic carbocycles. The zero-order chi connectivity index (χ0) is 50.8. The van der Waals surface area contributed by atoms with E-state index in [1.807, 2.05) is 38.4 Å². The van der Waals surface area contributed by atoms with Crippen LogP contribution in [0.25, 0.3) is 0 Å². The number of ketones is 2. The molecule has 0 amide bonds. The predicted molar refractivity (Wildman–Crippen MR) is 281 cm³/mol. The van der Waals surface area contributed by atoms with E-state index in [0.717, 1.165) is 68.5 Å². The molecule has 11 aliphatic rings. The van der Waals surface area contributed by atoms with E-state index in [9.17, 15) is 10.2 Å². The maximum atomic E-state index is 16.0. The van der Waals surface area contributed by atoms with E-state index in [0.29, 0.717) is 67.5 Å². The summed E-state index contributed by atoms with van der Waals surface area (Å²) in [5.74, 6) is 0.617. The predicted octanol–water partition coefficient (Wildman–Crippen LogP) is 6.63. The fourth-order valence-electron chi connectivity index (χ4n) is 15.5. The van der Waals surface area contributed by atoms with Crippen LogP contribution in [0.15, 0.2) is 112 Å². The summed E-state index contributed by atoms with van der Waals surface area (Å²) in [4.78, 5) is 47.6. The molecule has 5 aliphatic carbocycles. The maximum absolute atomic E-state index is 16.0. The van der Waals surface area contributed by atoms with Gasteiger partial charge in [-0.3, -0.25) is 9.59 Å². The number of allylic oxidation sites excluding steroid dienone is 10. The fourth-order valence-corrected chi connectivity index (χ4v) is 15.5. The maximum Gasteiger partial charge on any atom is 0.350 e. The van der Waals surface area contributed by atoms with Crippen LogP contribution in [0.5, 0.6) is 0 Å². The minimum absolute atomic E-state index is 0.0210. The third kappa shape index (κ3) is 8.67. The summed E-state index contributed by atoms with van der Waals surface area (Å²) in [6.45, 7) is 7.34. The molecule has 0 aromatic heterocycles. The van der Waals surface area contributed by atoms with Crippen molar-refractivity contribution in [1.29, 1.82) is 0 Å². The number of carbonyl (C=O) groups is 3. The number of rotatable bonds is 13. The third-order valence-corrected chi connectivity index (χ3v) is 19.0. The first-order valence-corrected chi connectivity index (χ1v) is 27.7. The van der Waals surface area contributed by atoms with Crippen LogP contribution in [-0.4, -0.2) is 96.8 Å². The molecule has 390 valence electrons. The van der Waals surface area contributed by atoms with Gasteiger partial charge in [-0.05, 0) is 172 Å². The molecule has 2 fully saturated rings. The van der Waals surface area contributed by atoms with Crippen LogP contribution in [0, 0.1) is 46.8 Å². The summed E-state index contributed by atoms with van der Waals surface area (Å²) in [5, 5.41) is 39.4. The summed E-state index contributed by atoms with van der Waals surface area (Å²) < 4.78 is 13.7. The molecular formula is C60H78N6O7. The summed E-state index contributed by atoms with van der Waals surface area (Å²) in [6.07, 6.45) is 28.7. The second-order valence-corrected chi connectivity index (χ2v) is 23.5. The number of Topliss-reactive ketones (excluding diaryl/α,β-unsaturated/α-hetero) is 2. The van der Waals surface area contributed by atoms with Gasteiger partial charge in [-0.1, -0.05) is 86.6 Å². The molecule has 1 saturated heterocycles. The molecule has 0 radical (unpaired) electrons. The smallest absolute Gasteiger partial charge is 0.350 e. The number of nitrogens with two attached hydrogens (primary N) is 1. The molecule has 6 bridgehead atoms. The van der Waals surface area contributed by atoms with Crippen molar-refractivity contribution in [3.63, 3.8) is 0 Å². The highest BCUT2D eigenvalue weighted by Gasteiger charge is 2.86. The van der Waals surface area contributed by atoms with E-state index < -0.39 is 34.8 Å². The molecule has 14 atom stereocenters. The van der Waals surface area contributed by atoms with Crippen molar-refractivity contribution in [2.75, 3.05) is 33.4 Å². The van der Waals surface area contributed by atoms with Crippen LogP contribution in [0.3, 0.4) is 0 Å². The van der Waals surface area contributed by atoms with Crippen LogP contribution < -0.4 is 32.3 Å². The van der Waals surface area contributed by atoms with Crippen LogP contribution in [0.4, 0.5) is 0 Å². The Hall–Kier alpha value is -4.89. The van der Waals surface area contributed by atoms with Crippen LogP contribution >= 0.6 is 0 Å². The van der Waals surface area contributed by atoms with Gasteiger partial charge in [0, 0.05) is 48.9 Å². The average Bonchev–Trinajstić information content (AvgIpc) is 4.10. The Morgan fingerprint density at radius 3 is 2.70 bits per heavy atom. The van der Waals surface area contributed by atoms with Crippen molar-refractivity contribution >= 4 is 17.5 Å². The fraction of sp³-hybridized carbons (Fsp3) is 0.583. The molecule has 1 saturated carbocycles. The largest absolute Gasteiger partial charge is 0.459 e. The number of likely N-dealkylation sites (N-methyl/N-ethyl adjacent to an activating group) is 1. The van der Waals surface area contributed by atoms with Gasteiger partial charge in [-0.2, -0.15) is 0 Å². The van der Waals surface area contributed by atoms with Crippen molar-refractivity contribution in [3.8, 4) is 0 Å². The number of carbonyl (C=O) groups excluding carboxylic acids is 3. The standard InChI is InChI=1S/C60H78N6O7/c1-5-63-46-27-38-10-6-13-42-36-12-8-23-58(3,29-35-16-21-48(61)65-32-35)30-40-11-7-14-45-51(40)55(70)60(57(71)72-47(15-9-25-67)53(46)44(20-19-36)50(38)42)59(73-60,54(45)69)31-41(33-68)34(2)26-37-17-18-39-28-49(62-4)66-56-52(39)43(37)22-24-64-56/h6-7,10-11,14,16,19-22,27,32,36-37,39,42,44,46-50,53,62-68H,5,8-9,12-13,15,17-18,23-26,28-31,33,61H2,1-4H3/b41-34-/t36-,37+,39-,42+,44-,46+,47-,48?,49-,50-,53+,58-,59+,60+/m1/s1. The lowest BCUT2D eigenvalue weighted by molar-refractivity contribution is -0.159. The number of dihydropyridines is 2. The van der Waals surface area contributed by atoms with Gasteiger partial charge >= 0.3 is 5.97 Å². The lowest BCUT2D eigenvalue weighted by Gasteiger charge is -2.51. The molecule has 73 heavy (non-hydrogen) atoms. The highest BCUT2D eigenvalue weighted by molar-refractivity contribution is 6.33. The second-order valence-electron chi connectivity index (χ2n) is 23.5. The number of hydrogen-bond acceptors (Lipinski definition) is 13. The monoisotopic (exact) mass is 995 g/mol. The first-order valence-electron chi connectivity index (χ1n) is 27.7. The lowest BCUT2D eigenvalue weighted by atomic mass is 9.55. The highest BCUT2D eigenvalue weighted by atomic mass is 16.7. The number of fused-ring (bicyclic) bond motifs is 6. The van der Waals surface area contributed by atoms with Crippen LogP contribution in [0.2, 0.25) is 0 Å². The number of aliphatic hydroxyl groups is 2. The number of benzene rings is 1. The molecule has 6 heterocycles. The van der Waals surface area contributed by atoms with Crippen LogP contribution in [0.1, 0.15) is 124 Å². The molecule has 13 nitrogen and oxygen atoms in total. The summed E-state index contributed by atoms with van der Waals surface area (Å²) >= 11 is 0. The van der Waals surface area contributed by atoms with E-state index in [1.54, 1.807) is 6.07 Å². The molecule has 1 spiro atoms. The van der Waals surface area contributed by atoms with Crippen molar-refractivity contribution < 1.29 is 34.1 Å². The molecule has 1 unspecified atom stereocenters. The summed E-state index contributed by atoms with van der Waals surface area (Å²) in [5.41, 5.74) is 9.46. The Bertz CT molecular complexity index is 2660. The Balaban J connectivity index is 1.01. The Morgan fingerprint density at radius 1 is 1.05 bits per heavy atom. The minimum Gasteiger partial charge on any atom is -0.459 e. The lowest BCUT2D eigenvalue weighted by Crippen LogP contribution is -2.56. The van der Waals surface area contributed by atoms with Gasteiger partial charge in [0.15, 0.2) is 11.4 Å². The van der Waals surface area contributed by atoms with Gasteiger partial charge in [0.05, 0.1) is 18.9 Å². The van der Waals surface area contributed by atoms with E-state index in [1.165, 1.54) is 16.7 Å². The van der Waals surface area contributed by atoms with Crippen molar-refractivity contribution in [2.24, 2.45) is 52.6 Å². The first-order chi connectivity index (χ1) is 35.3. The average molecular weight is 995 g/mol. The number of ether oxygens (including phenoxy) is 2. The molecular weight excluding hydrogens is 917 g/mol. The number of nitrogens with one attached hydrogen (secondary N) is 5. The van der Waals surface area contributed by atoms with E-state index in [2.05, 4.69) is 83.0 Å². The Kier molecular flexibility index (Phi) is 13.8. The Morgan fingerprint density at radius 2 is 1.92 bits per heavy atom. The molecule has 6 aliphatic heterocycles. The third-order valence-electron chi connectivity index (χ3n) is 19.0. The quantitative estimate of drug-likeness (QED) is 0.0454. The SMILES string of the molecule is CCN[C@H]1C=C2C=CC[C@@H]3[C@@H]2[C@H]2C=C[C@H]3CCC[C@](C)(CC3=CNC(N)C=C3)Cc3cccc4c3C(=O)[C@]3(O[C@@]3(C/C(CO)=C(\C)C[C@@H]3CC[C@@H]5C[C@H](NC)NC6=C5C3=CCN6)C4=O)C(=O)O[C@H](CCCO)[C@@H]21. The Labute approximate surface area is 431 Å². The van der Waals surface area contributed by atoms with Gasteiger partial charge in [-0.15, -0.1) is 0 Å². The van der Waals surface area contributed by atoms with E-state index in [4.69, 9.17) is 15.2 Å². The summed E-state index contributed by atoms with van der Waals surface area (Å²) in [6, 6.07) is 5.36. The van der Waals surface area contributed by atoms with Crippen molar-refractivity contribution in [2.45, 2.75) is 140 Å². The van der Waals surface area contributed by atoms with Gasteiger partial charge in [-0.25, -0.2) is 4.79 Å². The van der Waals surface area contributed by atoms with Crippen molar-refractivity contribution in [1.82, 2.24) is 26.6 Å². The molecule has 13 heteroatoms. The number of hydrogen-bond donors (Lipinski definition) is 8. The highest BCUT2D eigenvalue weighted by Crippen LogP contribution is 2.61. The number of aliphatic hydroxyl groups excluding tert-OH is 2. The summed E-state index contributed by atoms with van der Waals surface area (Å²) in [7, 11) is 1.99. The molecule has 9 N–H and O–H groups in total. The first kappa shape index (κ1) is 50.3. The van der Waals surface area contributed by atoms with Gasteiger partial charge in [0.1, 0.15) is 11.9 Å². The van der Waals surface area contributed by atoms with Crippen LogP contribution in [-0.2, 0) is 20.7 Å². The zero-order valence-corrected chi connectivity index (χ0v) is 43.3. The van der Waals surface area contributed by atoms with Gasteiger partial charge in [0.25, 0.3) is 5.60 Å². The minimum atomic E-state index is -2.27. The second kappa shape index (κ2) is 20.0. The van der Waals surface area contributed by atoms with Gasteiger partial charge < -0.3 is 52.0 Å². The normalized spacial score (nSPS) is 38.3. The zero-order valence-electron chi connectivity index (χ0n) is 43.3. The molecule has 12 rings (SSSR count). The topological polar surface area (TPSA) is 200 Å². The van der Waals surface area contributed by atoms with Crippen molar-refractivity contribution in [3.05, 3.63) is 129 Å². The van der Waals surface area contributed by atoms with E-state index in [-0.39, 0.29) is 78.2 Å².